The van der Waals surface area contributed by atoms with Crippen LogP contribution in [0.3, 0.4) is 0 Å². The van der Waals surface area contributed by atoms with Crippen molar-refractivity contribution in [3.05, 3.63) is 48.6 Å². The molecule has 0 saturated carbocycles. The number of hydrogen-bond acceptors (Lipinski definition) is 2. The average Bonchev–Trinajstić information content (AvgIpc) is 2.27. The number of benzene rings is 1. The third-order valence-electron chi connectivity index (χ3n) is 1.94. The molecule has 16 heavy (non-hydrogen) atoms. The fourth-order valence-corrected chi connectivity index (χ4v) is 1.14. The van der Waals surface area contributed by atoms with Crippen LogP contribution >= 0.6 is 0 Å². The van der Waals surface area contributed by atoms with Crippen LogP contribution in [0.15, 0.2) is 48.6 Å². The fourth-order valence-electron chi connectivity index (χ4n) is 1.14. The van der Waals surface area contributed by atoms with Crippen LogP contribution in [0.2, 0.25) is 0 Å². The molecule has 0 unspecified atom stereocenters. The maximum Gasteiger partial charge on any atom is 0.161 e. The van der Waals surface area contributed by atoms with Gasteiger partial charge in [-0.2, -0.15) is 0 Å². The minimum absolute atomic E-state index is 0.489. The molecular formula is C14H18O2. The second-order valence-corrected chi connectivity index (χ2v) is 3.64. The zero-order valence-corrected chi connectivity index (χ0v) is 9.90. The number of para-hydroxylation sites is 2. The summed E-state index contributed by atoms with van der Waals surface area (Å²) < 4.78 is 11.1. The van der Waals surface area contributed by atoms with Gasteiger partial charge >= 0.3 is 0 Å². The highest BCUT2D eigenvalue weighted by Gasteiger charge is 2.01. The second kappa shape index (κ2) is 6.72. The Bertz CT molecular complexity index is 363. The molecular weight excluding hydrogens is 200 g/mol. The molecule has 0 amide bonds. The highest BCUT2D eigenvalue weighted by Crippen LogP contribution is 2.26. The third-order valence-corrected chi connectivity index (χ3v) is 1.94. The molecule has 0 aliphatic rings. The van der Waals surface area contributed by atoms with E-state index < -0.39 is 0 Å². The zero-order valence-electron chi connectivity index (χ0n) is 9.90. The highest BCUT2D eigenvalue weighted by molar-refractivity contribution is 5.39. The lowest BCUT2D eigenvalue weighted by Crippen LogP contribution is -1.99. The molecule has 0 saturated heterocycles. The van der Waals surface area contributed by atoms with E-state index >= 15 is 0 Å². The molecule has 86 valence electrons. The Morgan fingerprint density at radius 2 is 1.69 bits per heavy atom. The Labute approximate surface area is 97.2 Å². The van der Waals surface area contributed by atoms with E-state index in [9.17, 15) is 0 Å². The fraction of sp³-hybridized carbons (Fsp3) is 0.286. The van der Waals surface area contributed by atoms with Gasteiger partial charge in [-0.3, -0.25) is 0 Å². The van der Waals surface area contributed by atoms with Crippen LogP contribution in [0.1, 0.15) is 13.8 Å². The Morgan fingerprint density at radius 3 is 2.19 bits per heavy atom. The van der Waals surface area contributed by atoms with Gasteiger partial charge in [-0.15, -0.1) is 0 Å². The van der Waals surface area contributed by atoms with Crippen molar-refractivity contribution in [2.45, 2.75) is 13.8 Å². The molecule has 0 N–H and O–H groups in total. The first-order chi connectivity index (χ1) is 7.74. The first-order valence-electron chi connectivity index (χ1n) is 5.33. The summed E-state index contributed by atoms with van der Waals surface area (Å²) in [5.74, 6) is 1.52. The maximum atomic E-state index is 5.61. The Balaban J connectivity index is 2.63. The van der Waals surface area contributed by atoms with Crippen molar-refractivity contribution in [2.24, 2.45) is 0 Å². The predicted molar refractivity (Wildman–Crippen MR) is 67.1 cm³/mol. The van der Waals surface area contributed by atoms with Gasteiger partial charge in [-0.1, -0.05) is 30.4 Å². The van der Waals surface area contributed by atoms with Crippen LogP contribution in [-0.4, -0.2) is 13.2 Å². The largest absolute Gasteiger partial charge is 0.486 e. The lowest BCUT2D eigenvalue weighted by atomic mass is 10.3. The molecule has 2 nitrogen and oxygen atoms in total. The Kier molecular flexibility index (Phi) is 5.20. The minimum atomic E-state index is 0.489. The SMILES string of the molecule is C=CCOc1ccccc1OCC=C(C)C. The molecule has 0 heterocycles. The lowest BCUT2D eigenvalue weighted by Gasteiger charge is -2.10. The molecule has 0 radical (unpaired) electrons. The van der Waals surface area contributed by atoms with Crippen molar-refractivity contribution in [1.29, 1.82) is 0 Å². The van der Waals surface area contributed by atoms with E-state index in [0.29, 0.717) is 13.2 Å². The Morgan fingerprint density at radius 1 is 1.12 bits per heavy atom. The summed E-state index contributed by atoms with van der Waals surface area (Å²) >= 11 is 0. The lowest BCUT2D eigenvalue weighted by molar-refractivity contribution is 0.307. The first kappa shape index (κ1) is 12.4. The monoisotopic (exact) mass is 218 g/mol. The second-order valence-electron chi connectivity index (χ2n) is 3.64. The minimum Gasteiger partial charge on any atom is -0.486 e. The number of ether oxygens (including phenoxy) is 2. The van der Waals surface area contributed by atoms with Gasteiger partial charge in [0.1, 0.15) is 13.2 Å². The van der Waals surface area contributed by atoms with Gasteiger partial charge in [0.05, 0.1) is 0 Å². The summed E-state index contributed by atoms with van der Waals surface area (Å²) in [6, 6.07) is 7.64. The van der Waals surface area contributed by atoms with E-state index in [1.807, 2.05) is 44.2 Å². The smallest absolute Gasteiger partial charge is 0.161 e. The zero-order chi connectivity index (χ0) is 11.8. The number of rotatable bonds is 6. The maximum absolute atomic E-state index is 5.61. The molecule has 0 aliphatic carbocycles. The first-order valence-corrected chi connectivity index (χ1v) is 5.33. The highest BCUT2D eigenvalue weighted by atomic mass is 16.5. The predicted octanol–water partition coefficient (Wildman–Crippen LogP) is 3.60. The van der Waals surface area contributed by atoms with Crippen molar-refractivity contribution in [2.75, 3.05) is 13.2 Å². The van der Waals surface area contributed by atoms with Gasteiger partial charge in [-0.05, 0) is 32.1 Å². The standard InChI is InChI=1S/C14H18O2/c1-4-10-15-13-7-5-6-8-14(13)16-11-9-12(2)3/h4-9H,1,10-11H2,2-3H3. The molecule has 1 aromatic rings. The number of hydrogen-bond donors (Lipinski definition) is 0. The van der Waals surface area contributed by atoms with Crippen molar-refractivity contribution in [3.8, 4) is 11.5 Å². The molecule has 1 rings (SSSR count). The van der Waals surface area contributed by atoms with Crippen LogP contribution in [0, 0.1) is 0 Å². The Hall–Kier alpha value is -1.70. The molecule has 0 atom stereocenters. The summed E-state index contributed by atoms with van der Waals surface area (Å²) in [5.41, 5.74) is 1.24. The van der Waals surface area contributed by atoms with E-state index in [4.69, 9.17) is 9.47 Å². The average molecular weight is 218 g/mol. The van der Waals surface area contributed by atoms with Crippen molar-refractivity contribution in [1.82, 2.24) is 0 Å². The summed E-state index contributed by atoms with van der Waals surface area (Å²) in [4.78, 5) is 0. The van der Waals surface area contributed by atoms with E-state index in [1.165, 1.54) is 5.57 Å². The summed E-state index contributed by atoms with van der Waals surface area (Å²) in [6.45, 7) is 8.76. The van der Waals surface area contributed by atoms with Crippen molar-refractivity contribution < 1.29 is 9.47 Å². The summed E-state index contributed by atoms with van der Waals surface area (Å²) in [7, 11) is 0. The van der Waals surface area contributed by atoms with Gasteiger partial charge in [0.25, 0.3) is 0 Å². The van der Waals surface area contributed by atoms with E-state index in [0.717, 1.165) is 11.5 Å². The van der Waals surface area contributed by atoms with E-state index in [-0.39, 0.29) is 0 Å². The molecule has 0 fully saturated rings. The van der Waals surface area contributed by atoms with Crippen LogP contribution < -0.4 is 9.47 Å². The molecule has 1 aromatic carbocycles. The summed E-state index contributed by atoms with van der Waals surface area (Å²) in [6.07, 6.45) is 3.75. The summed E-state index contributed by atoms with van der Waals surface area (Å²) in [5, 5.41) is 0. The quantitative estimate of drug-likeness (QED) is 0.679. The van der Waals surface area contributed by atoms with Gasteiger partial charge in [0.2, 0.25) is 0 Å². The van der Waals surface area contributed by atoms with Crippen LogP contribution in [0.25, 0.3) is 0 Å². The van der Waals surface area contributed by atoms with Gasteiger partial charge in [-0.25, -0.2) is 0 Å². The normalized spacial score (nSPS) is 9.38. The third kappa shape index (κ3) is 4.22. The van der Waals surface area contributed by atoms with Gasteiger partial charge in [0.15, 0.2) is 11.5 Å². The molecule has 0 aliphatic heterocycles. The molecule has 0 spiro atoms. The van der Waals surface area contributed by atoms with E-state index in [1.54, 1.807) is 6.08 Å². The van der Waals surface area contributed by atoms with Crippen molar-refractivity contribution >= 4 is 0 Å². The number of allylic oxidation sites excluding steroid dienone is 1. The molecule has 0 aromatic heterocycles. The van der Waals surface area contributed by atoms with Crippen molar-refractivity contribution in [3.63, 3.8) is 0 Å². The van der Waals surface area contributed by atoms with E-state index in [2.05, 4.69) is 6.58 Å². The van der Waals surface area contributed by atoms with Gasteiger partial charge in [0, 0.05) is 0 Å². The van der Waals surface area contributed by atoms with Crippen LogP contribution in [0.5, 0.6) is 11.5 Å². The molecule has 0 bridgehead atoms. The molecule has 2 heteroatoms. The van der Waals surface area contributed by atoms with Crippen LogP contribution in [0.4, 0.5) is 0 Å². The van der Waals surface area contributed by atoms with Crippen LogP contribution in [-0.2, 0) is 0 Å². The van der Waals surface area contributed by atoms with Gasteiger partial charge < -0.3 is 9.47 Å². The topological polar surface area (TPSA) is 18.5 Å².